The van der Waals surface area contributed by atoms with Crippen molar-refractivity contribution in [1.29, 1.82) is 0 Å². The topological polar surface area (TPSA) is 29.3 Å². The third-order valence-electron chi connectivity index (χ3n) is 3.42. The minimum absolute atomic E-state index is 0.109. The lowest BCUT2D eigenvalue weighted by molar-refractivity contribution is 0.737. The van der Waals surface area contributed by atoms with Crippen LogP contribution in [0.3, 0.4) is 0 Å². The number of hydrogen-bond donors (Lipinski definition) is 1. The van der Waals surface area contributed by atoms with Crippen molar-refractivity contribution in [3.63, 3.8) is 0 Å². The molecule has 0 amide bonds. The van der Waals surface area contributed by atoms with Gasteiger partial charge in [-0.15, -0.1) is 0 Å². The highest BCUT2D eigenvalue weighted by atomic mass is 35.5. The molecule has 0 aromatic heterocycles. The van der Waals surface area contributed by atoms with E-state index in [1.807, 2.05) is 38.2 Å². The number of anilines is 2. The molecule has 0 aliphatic carbocycles. The predicted molar refractivity (Wildman–Crippen MR) is 88.0 cm³/mol. The van der Waals surface area contributed by atoms with E-state index in [1.54, 1.807) is 0 Å². The van der Waals surface area contributed by atoms with Crippen LogP contribution >= 0.6 is 11.6 Å². The monoisotopic (exact) mass is 288 g/mol. The Bertz CT molecular complexity index is 593. The van der Waals surface area contributed by atoms with Gasteiger partial charge in [-0.25, -0.2) is 0 Å². The first-order valence-electron chi connectivity index (χ1n) is 6.83. The van der Waals surface area contributed by atoms with E-state index >= 15 is 0 Å². The second-order valence-corrected chi connectivity index (χ2v) is 5.68. The van der Waals surface area contributed by atoms with Crippen LogP contribution in [0.1, 0.15) is 18.1 Å². The summed E-state index contributed by atoms with van der Waals surface area (Å²) in [7, 11) is 2.05. The summed E-state index contributed by atoms with van der Waals surface area (Å²) in [5.41, 5.74) is 10.6. The van der Waals surface area contributed by atoms with E-state index in [9.17, 15) is 0 Å². The quantitative estimate of drug-likeness (QED) is 0.908. The second-order valence-electron chi connectivity index (χ2n) is 5.27. The molecule has 0 bridgehead atoms. The molecule has 0 heterocycles. The first kappa shape index (κ1) is 14.9. The molecule has 2 rings (SSSR count). The van der Waals surface area contributed by atoms with Gasteiger partial charge in [-0.2, -0.15) is 0 Å². The van der Waals surface area contributed by atoms with E-state index in [1.165, 1.54) is 11.1 Å². The summed E-state index contributed by atoms with van der Waals surface area (Å²) in [5, 5.41) is 0.758. The molecule has 0 saturated heterocycles. The maximum absolute atomic E-state index is 6.43. The van der Waals surface area contributed by atoms with E-state index in [2.05, 4.69) is 30.0 Å². The van der Waals surface area contributed by atoms with Crippen molar-refractivity contribution in [1.82, 2.24) is 0 Å². The summed E-state index contributed by atoms with van der Waals surface area (Å²) in [6.45, 7) is 4.12. The highest BCUT2D eigenvalue weighted by molar-refractivity contribution is 6.33. The first-order valence-corrected chi connectivity index (χ1v) is 7.21. The number of nitrogens with two attached hydrogens (primary N) is 1. The average molecular weight is 289 g/mol. The summed E-state index contributed by atoms with van der Waals surface area (Å²) >= 11 is 6.43. The zero-order valence-electron chi connectivity index (χ0n) is 12.2. The fourth-order valence-corrected chi connectivity index (χ4v) is 2.83. The maximum Gasteiger partial charge on any atom is 0.0645 e. The van der Waals surface area contributed by atoms with Gasteiger partial charge in [-0.3, -0.25) is 0 Å². The van der Waals surface area contributed by atoms with Crippen molar-refractivity contribution in [3.05, 3.63) is 58.6 Å². The van der Waals surface area contributed by atoms with Crippen molar-refractivity contribution in [2.75, 3.05) is 11.9 Å². The van der Waals surface area contributed by atoms with Gasteiger partial charge in [0.25, 0.3) is 0 Å². The van der Waals surface area contributed by atoms with Crippen molar-refractivity contribution in [2.24, 2.45) is 5.73 Å². The Morgan fingerprint density at radius 2 is 1.85 bits per heavy atom. The standard InChI is InChI=1S/C17H21ClN2/c1-12-7-4-5-10-16(12)20(3)17-14(11-13(2)19)8-6-9-15(17)18/h4-10,13H,11,19H2,1-3H3. The molecule has 1 atom stereocenters. The first-order chi connectivity index (χ1) is 9.50. The van der Waals surface area contributed by atoms with Crippen LogP contribution in [0, 0.1) is 6.92 Å². The Hall–Kier alpha value is -1.51. The van der Waals surface area contributed by atoms with Crippen LogP contribution in [0.25, 0.3) is 0 Å². The molecular formula is C17H21ClN2. The molecule has 0 aliphatic rings. The van der Waals surface area contributed by atoms with Crippen LogP contribution in [-0.4, -0.2) is 13.1 Å². The Morgan fingerprint density at radius 3 is 2.50 bits per heavy atom. The molecule has 0 radical (unpaired) electrons. The molecule has 1 unspecified atom stereocenters. The minimum atomic E-state index is 0.109. The van der Waals surface area contributed by atoms with Gasteiger partial charge in [-0.1, -0.05) is 41.9 Å². The number of nitrogens with zero attached hydrogens (tertiary/aromatic N) is 1. The van der Waals surface area contributed by atoms with Gasteiger partial charge in [0, 0.05) is 18.8 Å². The summed E-state index contributed by atoms with van der Waals surface area (Å²) in [4.78, 5) is 2.15. The SMILES string of the molecule is Cc1ccccc1N(C)c1c(Cl)cccc1CC(C)N. The van der Waals surface area contributed by atoms with Gasteiger partial charge in [0.1, 0.15) is 0 Å². The number of para-hydroxylation sites is 2. The third kappa shape index (κ3) is 3.14. The lowest BCUT2D eigenvalue weighted by atomic mass is 10.0. The number of rotatable bonds is 4. The zero-order chi connectivity index (χ0) is 14.7. The van der Waals surface area contributed by atoms with Crippen molar-refractivity contribution < 1.29 is 0 Å². The van der Waals surface area contributed by atoms with Gasteiger partial charge in [0.2, 0.25) is 0 Å². The zero-order valence-corrected chi connectivity index (χ0v) is 13.0. The maximum atomic E-state index is 6.43. The Balaban J connectivity index is 2.49. The number of halogens is 1. The third-order valence-corrected chi connectivity index (χ3v) is 3.73. The fourth-order valence-electron chi connectivity index (χ4n) is 2.51. The van der Waals surface area contributed by atoms with Gasteiger partial charge in [0.15, 0.2) is 0 Å². The van der Waals surface area contributed by atoms with E-state index in [0.29, 0.717) is 0 Å². The average Bonchev–Trinajstić information content (AvgIpc) is 2.38. The number of aryl methyl sites for hydroxylation is 1. The molecule has 3 heteroatoms. The van der Waals surface area contributed by atoms with Crippen molar-refractivity contribution >= 4 is 23.0 Å². The van der Waals surface area contributed by atoms with Crippen molar-refractivity contribution in [2.45, 2.75) is 26.3 Å². The number of benzene rings is 2. The molecule has 106 valence electrons. The Labute approximate surface area is 126 Å². The second kappa shape index (κ2) is 6.29. The molecular weight excluding hydrogens is 268 g/mol. The molecule has 2 N–H and O–H groups in total. The van der Waals surface area contributed by atoms with Crippen LogP contribution in [0.2, 0.25) is 5.02 Å². The van der Waals surface area contributed by atoms with Gasteiger partial charge in [0.05, 0.1) is 10.7 Å². The van der Waals surface area contributed by atoms with Crippen LogP contribution in [-0.2, 0) is 6.42 Å². The van der Waals surface area contributed by atoms with Gasteiger partial charge < -0.3 is 10.6 Å². The predicted octanol–water partition coefficient (Wildman–Crippen LogP) is 4.31. The molecule has 0 spiro atoms. The minimum Gasteiger partial charge on any atom is -0.343 e. The number of hydrogen-bond acceptors (Lipinski definition) is 2. The molecule has 0 fully saturated rings. The molecule has 2 nitrogen and oxygen atoms in total. The van der Waals surface area contributed by atoms with E-state index in [4.69, 9.17) is 17.3 Å². The van der Waals surface area contributed by atoms with Crippen LogP contribution in [0.4, 0.5) is 11.4 Å². The molecule has 2 aromatic carbocycles. The van der Waals surface area contributed by atoms with Crippen LogP contribution < -0.4 is 10.6 Å². The molecule has 0 saturated carbocycles. The molecule has 0 aliphatic heterocycles. The lowest BCUT2D eigenvalue weighted by Crippen LogP contribution is -2.20. The van der Waals surface area contributed by atoms with Crippen LogP contribution in [0.15, 0.2) is 42.5 Å². The van der Waals surface area contributed by atoms with E-state index in [0.717, 1.165) is 22.8 Å². The molecule has 2 aromatic rings. The van der Waals surface area contributed by atoms with E-state index in [-0.39, 0.29) is 6.04 Å². The summed E-state index contributed by atoms with van der Waals surface area (Å²) in [5.74, 6) is 0. The molecule has 20 heavy (non-hydrogen) atoms. The lowest BCUT2D eigenvalue weighted by Gasteiger charge is -2.26. The summed E-state index contributed by atoms with van der Waals surface area (Å²) < 4.78 is 0. The smallest absolute Gasteiger partial charge is 0.0645 e. The van der Waals surface area contributed by atoms with Gasteiger partial charge in [-0.05, 0) is 43.5 Å². The Kier molecular flexibility index (Phi) is 4.69. The highest BCUT2D eigenvalue weighted by Gasteiger charge is 2.15. The van der Waals surface area contributed by atoms with Gasteiger partial charge >= 0.3 is 0 Å². The van der Waals surface area contributed by atoms with E-state index < -0.39 is 0 Å². The fraction of sp³-hybridized carbons (Fsp3) is 0.294. The van der Waals surface area contributed by atoms with Crippen LogP contribution in [0.5, 0.6) is 0 Å². The largest absolute Gasteiger partial charge is 0.343 e. The summed E-state index contributed by atoms with van der Waals surface area (Å²) in [6, 6.07) is 14.4. The summed E-state index contributed by atoms with van der Waals surface area (Å²) in [6.07, 6.45) is 0.812. The normalized spacial score (nSPS) is 12.2. The Morgan fingerprint density at radius 1 is 1.15 bits per heavy atom. The highest BCUT2D eigenvalue weighted by Crippen LogP contribution is 2.35. The van der Waals surface area contributed by atoms with Crippen molar-refractivity contribution in [3.8, 4) is 0 Å².